The number of hydrogen-bond acceptors (Lipinski definition) is 6. The number of thiophene rings is 1. The molecule has 0 saturated heterocycles. The van der Waals surface area contributed by atoms with Crippen molar-refractivity contribution in [2.24, 2.45) is 5.84 Å². The van der Waals surface area contributed by atoms with E-state index in [0.717, 1.165) is 20.3 Å². The SMILES string of the molecule is NNc1nc(OCc2ccccc2Br)c2ccsc2n1. The number of hydrogen-bond donors (Lipinski definition) is 2. The zero-order valence-electron chi connectivity index (χ0n) is 10.3. The second kappa shape index (κ2) is 5.74. The van der Waals surface area contributed by atoms with Crippen molar-refractivity contribution in [3.8, 4) is 5.88 Å². The molecule has 0 aliphatic heterocycles. The number of hydrazine groups is 1. The molecule has 20 heavy (non-hydrogen) atoms. The maximum atomic E-state index is 5.82. The largest absolute Gasteiger partial charge is 0.472 e. The van der Waals surface area contributed by atoms with Crippen LogP contribution in [0.5, 0.6) is 5.88 Å². The molecule has 0 atom stereocenters. The fraction of sp³-hybridized carbons (Fsp3) is 0.0769. The summed E-state index contributed by atoms with van der Waals surface area (Å²) >= 11 is 5.02. The van der Waals surface area contributed by atoms with Crippen LogP contribution < -0.4 is 16.0 Å². The summed E-state index contributed by atoms with van der Waals surface area (Å²) < 4.78 is 6.82. The summed E-state index contributed by atoms with van der Waals surface area (Å²) in [6.07, 6.45) is 0. The van der Waals surface area contributed by atoms with Crippen molar-refractivity contribution in [2.45, 2.75) is 6.61 Å². The minimum atomic E-state index is 0.349. The molecular formula is C13H11BrN4OS. The van der Waals surface area contributed by atoms with Crippen molar-refractivity contribution in [1.29, 1.82) is 0 Å². The Morgan fingerprint density at radius 2 is 2.10 bits per heavy atom. The van der Waals surface area contributed by atoms with Gasteiger partial charge in [0, 0.05) is 10.0 Å². The first-order chi connectivity index (χ1) is 9.78. The van der Waals surface area contributed by atoms with Crippen LogP contribution in [-0.2, 0) is 6.61 Å². The van der Waals surface area contributed by atoms with E-state index in [9.17, 15) is 0 Å². The van der Waals surface area contributed by atoms with Gasteiger partial charge < -0.3 is 4.74 Å². The van der Waals surface area contributed by atoms with E-state index in [0.29, 0.717) is 18.4 Å². The van der Waals surface area contributed by atoms with Crippen LogP contribution >= 0.6 is 27.3 Å². The van der Waals surface area contributed by atoms with E-state index in [1.165, 1.54) is 11.3 Å². The van der Waals surface area contributed by atoms with E-state index < -0.39 is 0 Å². The number of nitrogens with two attached hydrogens (primary N) is 1. The van der Waals surface area contributed by atoms with E-state index in [1.807, 2.05) is 35.7 Å². The third-order valence-electron chi connectivity index (χ3n) is 2.74. The summed E-state index contributed by atoms with van der Waals surface area (Å²) in [7, 11) is 0. The Morgan fingerprint density at radius 3 is 2.90 bits per heavy atom. The van der Waals surface area contributed by atoms with Crippen LogP contribution in [0.4, 0.5) is 5.95 Å². The van der Waals surface area contributed by atoms with E-state index in [1.54, 1.807) is 0 Å². The maximum absolute atomic E-state index is 5.82. The van der Waals surface area contributed by atoms with Gasteiger partial charge in [0.15, 0.2) is 0 Å². The number of aromatic nitrogens is 2. The quantitative estimate of drug-likeness (QED) is 0.557. The first-order valence-corrected chi connectivity index (χ1v) is 7.53. The van der Waals surface area contributed by atoms with Crippen molar-refractivity contribution in [3.63, 3.8) is 0 Å². The predicted octanol–water partition coefficient (Wildman–Crippen LogP) is 3.32. The zero-order chi connectivity index (χ0) is 13.9. The fourth-order valence-corrected chi connectivity index (χ4v) is 2.92. The van der Waals surface area contributed by atoms with Crippen LogP contribution in [0.2, 0.25) is 0 Å². The number of ether oxygens (including phenoxy) is 1. The molecule has 0 saturated carbocycles. The molecule has 0 aliphatic carbocycles. The summed E-state index contributed by atoms with van der Waals surface area (Å²) in [5.41, 5.74) is 3.51. The van der Waals surface area contributed by atoms with Gasteiger partial charge in [0.25, 0.3) is 0 Å². The topological polar surface area (TPSA) is 73.1 Å². The summed E-state index contributed by atoms with van der Waals surface area (Å²) in [4.78, 5) is 9.37. The van der Waals surface area contributed by atoms with Gasteiger partial charge in [-0.15, -0.1) is 11.3 Å². The minimum Gasteiger partial charge on any atom is -0.472 e. The van der Waals surface area contributed by atoms with Gasteiger partial charge in [-0.2, -0.15) is 4.98 Å². The first-order valence-electron chi connectivity index (χ1n) is 5.86. The van der Waals surface area contributed by atoms with Gasteiger partial charge in [-0.05, 0) is 17.5 Å². The van der Waals surface area contributed by atoms with Crippen LogP contribution in [0.25, 0.3) is 10.2 Å². The van der Waals surface area contributed by atoms with Gasteiger partial charge in [0.2, 0.25) is 11.8 Å². The molecule has 2 aromatic heterocycles. The Labute approximate surface area is 127 Å². The molecule has 0 spiro atoms. The third kappa shape index (κ3) is 2.60. The number of anilines is 1. The van der Waals surface area contributed by atoms with Gasteiger partial charge >= 0.3 is 0 Å². The second-order valence-corrected chi connectivity index (χ2v) is 5.77. The number of nitrogens with zero attached hydrogens (tertiary/aromatic N) is 2. The van der Waals surface area contributed by atoms with Crippen LogP contribution in [0.15, 0.2) is 40.2 Å². The number of benzene rings is 1. The highest BCUT2D eigenvalue weighted by Gasteiger charge is 2.10. The summed E-state index contributed by atoms with van der Waals surface area (Å²) in [6.45, 7) is 0.424. The lowest BCUT2D eigenvalue weighted by Crippen LogP contribution is -2.11. The summed E-state index contributed by atoms with van der Waals surface area (Å²) in [6, 6.07) is 9.85. The van der Waals surface area contributed by atoms with E-state index >= 15 is 0 Å². The van der Waals surface area contributed by atoms with Gasteiger partial charge in [-0.3, -0.25) is 5.43 Å². The highest BCUT2D eigenvalue weighted by atomic mass is 79.9. The third-order valence-corrected chi connectivity index (χ3v) is 4.32. The average molecular weight is 351 g/mol. The Bertz CT molecular complexity index is 746. The molecular weight excluding hydrogens is 340 g/mol. The van der Waals surface area contributed by atoms with Crippen molar-refractivity contribution in [1.82, 2.24) is 9.97 Å². The monoisotopic (exact) mass is 350 g/mol. The molecule has 3 N–H and O–H groups in total. The molecule has 7 heteroatoms. The smallest absolute Gasteiger partial charge is 0.241 e. The van der Waals surface area contributed by atoms with Crippen molar-refractivity contribution in [3.05, 3.63) is 45.7 Å². The standard InChI is InChI=1S/C13H11BrN4OS/c14-10-4-2-1-3-8(10)7-19-11-9-5-6-20-12(9)17-13(16-11)18-15/h1-6H,7,15H2,(H,16,17,18). The zero-order valence-corrected chi connectivity index (χ0v) is 12.7. The number of fused-ring (bicyclic) bond motifs is 1. The Balaban J connectivity index is 1.90. The molecule has 102 valence electrons. The highest BCUT2D eigenvalue weighted by molar-refractivity contribution is 9.10. The fourth-order valence-electron chi connectivity index (χ4n) is 1.76. The van der Waals surface area contributed by atoms with Crippen LogP contribution in [0.3, 0.4) is 0 Å². The van der Waals surface area contributed by atoms with Crippen molar-refractivity contribution < 1.29 is 4.74 Å². The van der Waals surface area contributed by atoms with Crippen molar-refractivity contribution in [2.75, 3.05) is 5.43 Å². The normalized spacial score (nSPS) is 10.7. The molecule has 3 aromatic rings. The molecule has 0 fully saturated rings. The van der Waals surface area contributed by atoms with Crippen LogP contribution in [0, 0.1) is 0 Å². The Hall–Kier alpha value is -1.70. The van der Waals surface area contributed by atoms with Gasteiger partial charge in [0.1, 0.15) is 11.4 Å². The molecule has 1 aromatic carbocycles. The molecule has 3 rings (SSSR count). The van der Waals surface area contributed by atoms with E-state index in [2.05, 4.69) is 31.3 Å². The molecule has 5 nitrogen and oxygen atoms in total. The Morgan fingerprint density at radius 1 is 1.25 bits per heavy atom. The summed E-state index contributed by atoms with van der Waals surface area (Å²) in [5.74, 6) is 6.25. The lowest BCUT2D eigenvalue weighted by atomic mass is 10.2. The lowest BCUT2D eigenvalue weighted by molar-refractivity contribution is 0.297. The highest BCUT2D eigenvalue weighted by Crippen LogP contribution is 2.29. The molecule has 0 radical (unpaired) electrons. The molecule has 0 amide bonds. The number of nitrogens with one attached hydrogen (secondary N) is 1. The first kappa shape index (κ1) is 13.3. The van der Waals surface area contributed by atoms with Crippen molar-refractivity contribution >= 4 is 43.4 Å². The average Bonchev–Trinajstić information content (AvgIpc) is 2.94. The predicted molar refractivity (Wildman–Crippen MR) is 83.7 cm³/mol. The molecule has 0 unspecified atom stereocenters. The maximum Gasteiger partial charge on any atom is 0.241 e. The molecule has 0 aliphatic rings. The van der Waals surface area contributed by atoms with E-state index in [4.69, 9.17) is 10.6 Å². The van der Waals surface area contributed by atoms with Crippen LogP contribution in [-0.4, -0.2) is 9.97 Å². The lowest BCUT2D eigenvalue weighted by Gasteiger charge is -2.09. The number of rotatable bonds is 4. The molecule has 0 bridgehead atoms. The van der Waals surface area contributed by atoms with Gasteiger partial charge in [-0.25, -0.2) is 10.8 Å². The van der Waals surface area contributed by atoms with E-state index in [-0.39, 0.29) is 0 Å². The minimum absolute atomic E-state index is 0.349. The van der Waals surface area contributed by atoms with Gasteiger partial charge in [0.05, 0.1) is 5.39 Å². The molecule has 2 heterocycles. The second-order valence-electron chi connectivity index (χ2n) is 4.02. The van der Waals surface area contributed by atoms with Gasteiger partial charge in [-0.1, -0.05) is 34.1 Å². The number of halogens is 1. The summed E-state index contributed by atoms with van der Waals surface area (Å²) in [5, 5.41) is 2.84. The Kier molecular flexibility index (Phi) is 3.81. The number of nitrogen functional groups attached to an aromatic ring is 1. The van der Waals surface area contributed by atoms with Crippen LogP contribution in [0.1, 0.15) is 5.56 Å².